The van der Waals surface area contributed by atoms with Gasteiger partial charge >= 0.3 is 12.4 Å². The smallest absolute Gasteiger partial charge is 0.369 e. The maximum Gasteiger partial charge on any atom is 0.431 e. The van der Waals surface area contributed by atoms with Gasteiger partial charge in [0, 0.05) is 19.5 Å². The third-order valence-corrected chi connectivity index (χ3v) is 9.60. The van der Waals surface area contributed by atoms with Crippen LogP contribution in [-0.4, -0.2) is 59.8 Å². The molecule has 0 spiro atoms. The second-order valence-corrected chi connectivity index (χ2v) is 12.7. The Morgan fingerprint density at radius 1 is 1.00 bits per heavy atom. The minimum atomic E-state index is -6.07. The fourth-order valence-corrected chi connectivity index (χ4v) is 6.14. The summed E-state index contributed by atoms with van der Waals surface area (Å²) in [6.07, 6.45) is -10.8. The highest BCUT2D eigenvalue weighted by Gasteiger charge is 2.74. The molecule has 2 aliphatic rings. The van der Waals surface area contributed by atoms with Crippen molar-refractivity contribution in [3.8, 4) is 0 Å². The van der Waals surface area contributed by atoms with E-state index in [0.717, 1.165) is 16.1 Å². The third-order valence-electron chi connectivity index (χ3n) is 7.04. The number of sulfonamides is 1. The van der Waals surface area contributed by atoms with Crippen molar-refractivity contribution in [2.45, 2.75) is 55.9 Å². The molecule has 0 bridgehead atoms. The standard InChI is InChI=1S/C26H26ClF6N3O3S/c1-16(2)40(38,39)35-13-11-18(12-14-35)17-7-9-19(10-8-17)22-15-23(24(37,25(28,29)30)26(31,32)33)34-36(22)21-6-4-3-5-20(21)27/h3-11,16,22,37H,12-15H2,1-2H3. The Bertz CT molecular complexity index is 1410. The fourth-order valence-electron chi connectivity index (χ4n) is 4.70. The van der Waals surface area contributed by atoms with Crippen molar-refractivity contribution in [1.82, 2.24) is 4.31 Å². The first kappa shape index (κ1) is 30.4. The first-order valence-electron chi connectivity index (χ1n) is 12.2. The number of anilines is 1. The van der Waals surface area contributed by atoms with Gasteiger partial charge in [-0.1, -0.05) is 54.1 Å². The average molecular weight is 610 g/mol. The molecule has 1 atom stereocenters. The molecule has 0 saturated carbocycles. The lowest BCUT2D eigenvalue weighted by atomic mass is 9.89. The van der Waals surface area contributed by atoms with Crippen molar-refractivity contribution in [3.63, 3.8) is 0 Å². The molecule has 218 valence electrons. The molecule has 0 fully saturated rings. The summed E-state index contributed by atoms with van der Waals surface area (Å²) in [5, 5.41) is 14.1. The van der Waals surface area contributed by atoms with E-state index in [4.69, 9.17) is 11.6 Å². The lowest BCUT2D eigenvalue weighted by Gasteiger charge is -2.32. The second-order valence-electron chi connectivity index (χ2n) is 9.82. The second kappa shape index (κ2) is 10.7. The monoisotopic (exact) mass is 609 g/mol. The predicted octanol–water partition coefficient (Wildman–Crippen LogP) is 6.33. The normalized spacial score (nSPS) is 19.7. The van der Waals surface area contributed by atoms with E-state index in [-0.39, 0.29) is 23.8 Å². The van der Waals surface area contributed by atoms with Crippen molar-refractivity contribution < 1.29 is 39.9 Å². The largest absolute Gasteiger partial charge is 0.431 e. The first-order chi connectivity index (χ1) is 18.5. The molecule has 0 aliphatic carbocycles. The average Bonchev–Trinajstić information content (AvgIpc) is 3.32. The van der Waals surface area contributed by atoms with Crippen LogP contribution in [0.1, 0.15) is 43.9 Å². The van der Waals surface area contributed by atoms with Gasteiger partial charge in [0.1, 0.15) is 0 Å². The molecule has 2 aromatic carbocycles. The van der Waals surface area contributed by atoms with Crippen LogP contribution in [-0.2, 0) is 10.0 Å². The van der Waals surface area contributed by atoms with Gasteiger partial charge in [-0.2, -0.15) is 35.7 Å². The van der Waals surface area contributed by atoms with Crippen molar-refractivity contribution >= 4 is 38.6 Å². The van der Waals surface area contributed by atoms with E-state index >= 15 is 0 Å². The summed E-state index contributed by atoms with van der Waals surface area (Å²) in [6, 6.07) is 11.2. The van der Waals surface area contributed by atoms with Crippen LogP contribution < -0.4 is 5.01 Å². The van der Waals surface area contributed by atoms with Gasteiger partial charge in [-0.3, -0.25) is 5.01 Å². The Labute approximate surface area is 232 Å². The van der Waals surface area contributed by atoms with E-state index < -0.39 is 51.4 Å². The molecule has 0 amide bonds. The summed E-state index contributed by atoms with van der Waals surface area (Å²) in [7, 11) is -3.42. The van der Waals surface area contributed by atoms with Gasteiger partial charge in [0.2, 0.25) is 10.0 Å². The molecular formula is C26H26ClF6N3O3S. The summed E-state index contributed by atoms with van der Waals surface area (Å²) in [5.41, 5.74) is -4.64. The first-order valence-corrected chi connectivity index (χ1v) is 14.1. The Kier molecular flexibility index (Phi) is 8.09. The number of hydrogen-bond donors (Lipinski definition) is 1. The topological polar surface area (TPSA) is 73.2 Å². The third kappa shape index (κ3) is 5.36. The van der Waals surface area contributed by atoms with Crippen molar-refractivity contribution in [2.75, 3.05) is 18.1 Å². The molecule has 14 heteroatoms. The van der Waals surface area contributed by atoms with Crippen LogP contribution in [0, 0.1) is 0 Å². The number of para-hydroxylation sites is 1. The van der Waals surface area contributed by atoms with Gasteiger partial charge < -0.3 is 5.11 Å². The number of nitrogens with zero attached hydrogens (tertiary/aromatic N) is 3. The fraction of sp³-hybridized carbons (Fsp3) is 0.423. The lowest BCUT2D eigenvalue weighted by Crippen LogP contribution is -2.62. The molecule has 40 heavy (non-hydrogen) atoms. The minimum absolute atomic E-state index is 0.0462. The SMILES string of the molecule is CC(C)S(=O)(=O)N1CC=C(c2ccc(C3CC(C(O)(C(F)(F)F)C(F)(F)F)=NN3c3ccccc3Cl)cc2)CC1. The molecular weight excluding hydrogens is 584 g/mol. The molecule has 2 aliphatic heterocycles. The van der Waals surface area contributed by atoms with Crippen molar-refractivity contribution in [2.24, 2.45) is 5.10 Å². The number of hydrogen-bond acceptors (Lipinski definition) is 5. The van der Waals surface area contributed by atoms with Gasteiger partial charge in [0.15, 0.2) is 0 Å². The number of rotatable bonds is 6. The quantitative estimate of drug-likeness (QED) is 0.389. The summed E-state index contributed by atoms with van der Waals surface area (Å²) < 4.78 is 108. The molecule has 2 heterocycles. The molecule has 0 radical (unpaired) electrons. The zero-order chi connectivity index (χ0) is 29.7. The van der Waals surface area contributed by atoms with Crippen LogP contribution >= 0.6 is 11.6 Å². The van der Waals surface area contributed by atoms with Crippen LogP contribution in [0.2, 0.25) is 5.02 Å². The van der Waals surface area contributed by atoms with Crippen molar-refractivity contribution in [1.29, 1.82) is 0 Å². The molecule has 2 aromatic rings. The highest BCUT2D eigenvalue weighted by molar-refractivity contribution is 7.89. The van der Waals surface area contributed by atoms with Gasteiger partial charge in [-0.05, 0) is 49.1 Å². The molecule has 1 N–H and O–H groups in total. The maximum atomic E-state index is 13.7. The molecule has 1 unspecified atom stereocenters. The summed E-state index contributed by atoms with van der Waals surface area (Å²) >= 11 is 6.22. The van der Waals surface area contributed by atoms with Crippen LogP contribution in [0.5, 0.6) is 0 Å². The molecule has 6 nitrogen and oxygen atoms in total. The number of halogens is 7. The summed E-state index contributed by atoms with van der Waals surface area (Å²) in [5.74, 6) is 0. The summed E-state index contributed by atoms with van der Waals surface area (Å²) in [6.45, 7) is 3.66. The number of hydrazone groups is 1. The molecule has 0 aromatic heterocycles. The molecule has 4 rings (SSSR count). The van der Waals surface area contributed by atoms with E-state index in [0.29, 0.717) is 12.0 Å². The van der Waals surface area contributed by atoms with Gasteiger partial charge in [0.05, 0.1) is 27.7 Å². The van der Waals surface area contributed by atoms with Crippen molar-refractivity contribution in [3.05, 3.63) is 70.8 Å². The zero-order valence-corrected chi connectivity index (χ0v) is 22.9. The van der Waals surface area contributed by atoms with Crippen LogP contribution in [0.15, 0.2) is 59.7 Å². The van der Waals surface area contributed by atoms with E-state index in [1.54, 1.807) is 50.3 Å². The molecule has 0 saturated heterocycles. The van der Waals surface area contributed by atoms with E-state index in [2.05, 4.69) is 5.10 Å². The van der Waals surface area contributed by atoms with Crippen LogP contribution in [0.4, 0.5) is 32.0 Å². The van der Waals surface area contributed by atoms with Crippen LogP contribution in [0.3, 0.4) is 0 Å². The lowest BCUT2D eigenvalue weighted by molar-refractivity contribution is -0.338. The number of alkyl halides is 6. The zero-order valence-electron chi connectivity index (χ0n) is 21.3. The number of benzene rings is 2. The van der Waals surface area contributed by atoms with Crippen LogP contribution in [0.25, 0.3) is 5.57 Å². The highest BCUT2D eigenvalue weighted by Crippen LogP contribution is 2.49. The highest BCUT2D eigenvalue weighted by atomic mass is 35.5. The Hall–Kier alpha value is -2.61. The Balaban J connectivity index is 1.67. The predicted molar refractivity (Wildman–Crippen MR) is 140 cm³/mol. The Morgan fingerprint density at radius 2 is 1.60 bits per heavy atom. The van der Waals surface area contributed by atoms with E-state index in [1.807, 2.05) is 0 Å². The minimum Gasteiger partial charge on any atom is -0.369 e. The van der Waals surface area contributed by atoms with E-state index in [1.165, 1.54) is 22.5 Å². The maximum absolute atomic E-state index is 13.7. The van der Waals surface area contributed by atoms with Gasteiger partial charge in [-0.25, -0.2) is 8.42 Å². The van der Waals surface area contributed by atoms with Gasteiger partial charge in [0.25, 0.3) is 5.60 Å². The Morgan fingerprint density at radius 3 is 2.10 bits per heavy atom. The van der Waals surface area contributed by atoms with E-state index in [9.17, 15) is 39.9 Å². The summed E-state index contributed by atoms with van der Waals surface area (Å²) in [4.78, 5) is 0. The number of aliphatic hydroxyl groups is 1. The van der Waals surface area contributed by atoms with Gasteiger partial charge in [-0.15, -0.1) is 0 Å².